The maximum atomic E-state index is 11.7. The number of nitrogens with zero attached hydrogens (tertiary/aromatic N) is 4. The number of benzene rings is 1. The fourth-order valence-corrected chi connectivity index (χ4v) is 1.53. The van der Waals surface area contributed by atoms with Crippen LogP contribution in [0.1, 0.15) is 13.3 Å². The third-order valence-electron chi connectivity index (χ3n) is 2.09. The predicted molar refractivity (Wildman–Crippen MR) is 68.3 cm³/mol. The first-order chi connectivity index (χ1) is 8.10. The van der Waals surface area contributed by atoms with Crippen LogP contribution in [0.2, 0.25) is 10.0 Å². The van der Waals surface area contributed by atoms with Gasteiger partial charge >= 0.3 is 0 Å². The van der Waals surface area contributed by atoms with Crippen LogP contribution in [0, 0.1) is 0 Å². The third kappa shape index (κ3) is 3.53. The Balaban J connectivity index is 3.07. The maximum Gasteiger partial charge on any atom is 0.226 e. The summed E-state index contributed by atoms with van der Waals surface area (Å²) < 4.78 is 0. The fourth-order valence-electron chi connectivity index (χ4n) is 1.24. The molecule has 90 valence electrons. The van der Waals surface area contributed by atoms with Crippen molar-refractivity contribution < 1.29 is 4.79 Å². The number of carbonyl (C=O) groups is 1. The minimum atomic E-state index is -0.157. The summed E-state index contributed by atoms with van der Waals surface area (Å²) in [4.78, 5) is 15.7. The first kappa shape index (κ1) is 13.6. The molecule has 0 radical (unpaired) electrons. The lowest BCUT2D eigenvalue weighted by Crippen LogP contribution is -2.30. The van der Waals surface area contributed by atoms with Crippen LogP contribution in [-0.2, 0) is 4.79 Å². The van der Waals surface area contributed by atoms with Crippen molar-refractivity contribution in [1.29, 1.82) is 0 Å². The normalized spacial score (nSPS) is 9.59. The van der Waals surface area contributed by atoms with Crippen LogP contribution in [0.5, 0.6) is 0 Å². The highest BCUT2D eigenvalue weighted by molar-refractivity contribution is 6.42. The number of anilines is 1. The number of azide groups is 1. The average Bonchev–Trinajstić information content (AvgIpc) is 2.33. The molecule has 0 atom stereocenters. The van der Waals surface area contributed by atoms with E-state index in [0.717, 1.165) is 0 Å². The van der Waals surface area contributed by atoms with E-state index in [1.807, 2.05) is 0 Å². The molecule has 0 aliphatic carbocycles. The van der Waals surface area contributed by atoms with Gasteiger partial charge in [0, 0.05) is 17.0 Å². The minimum absolute atomic E-state index is 0.0683. The summed E-state index contributed by atoms with van der Waals surface area (Å²) in [7, 11) is 0. The number of hydrogen-bond donors (Lipinski definition) is 0. The monoisotopic (exact) mass is 272 g/mol. The Hall–Kier alpha value is -1.42. The lowest BCUT2D eigenvalue weighted by Gasteiger charge is -2.20. The Morgan fingerprint density at radius 2 is 2.18 bits per heavy atom. The molecule has 1 aromatic carbocycles. The highest BCUT2D eigenvalue weighted by Crippen LogP contribution is 2.27. The summed E-state index contributed by atoms with van der Waals surface area (Å²) in [5.41, 5.74) is 8.84. The molecule has 17 heavy (non-hydrogen) atoms. The average molecular weight is 273 g/mol. The molecule has 0 bridgehead atoms. The van der Waals surface area contributed by atoms with E-state index in [0.29, 0.717) is 22.2 Å². The van der Waals surface area contributed by atoms with E-state index in [2.05, 4.69) is 10.0 Å². The van der Waals surface area contributed by atoms with Gasteiger partial charge in [-0.05, 0) is 23.7 Å². The Bertz CT molecular complexity index is 471. The van der Waals surface area contributed by atoms with Gasteiger partial charge in [0.05, 0.1) is 10.0 Å². The summed E-state index contributed by atoms with van der Waals surface area (Å²) in [5.74, 6) is -0.157. The molecule has 0 unspecified atom stereocenters. The minimum Gasteiger partial charge on any atom is -0.307 e. The molecule has 0 heterocycles. The zero-order valence-corrected chi connectivity index (χ0v) is 10.6. The van der Waals surface area contributed by atoms with Gasteiger partial charge in [0.1, 0.15) is 6.67 Å². The molecule has 0 aromatic heterocycles. The Kier molecular flexibility index (Phi) is 5.10. The van der Waals surface area contributed by atoms with Gasteiger partial charge in [-0.25, -0.2) is 0 Å². The number of carbonyl (C=O) groups excluding carboxylic acids is 1. The molecule has 1 aromatic rings. The third-order valence-corrected chi connectivity index (χ3v) is 2.83. The van der Waals surface area contributed by atoms with Crippen LogP contribution < -0.4 is 4.90 Å². The van der Waals surface area contributed by atoms with Crippen molar-refractivity contribution in [3.05, 3.63) is 38.7 Å². The van der Waals surface area contributed by atoms with Gasteiger partial charge in [-0.1, -0.05) is 35.2 Å². The molecular weight excluding hydrogens is 263 g/mol. The fraction of sp³-hybridized carbons (Fsp3) is 0.300. The summed E-state index contributed by atoms with van der Waals surface area (Å²) in [6, 6.07) is 4.80. The second kappa shape index (κ2) is 6.35. The van der Waals surface area contributed by atoms with Crippen molar-refractivity contribution in [1.82, 2.24) is 0 Å². The Morgan fingerprint density at radius 1 is 1.47 bits per heavy atom. The number of hydrogen-bond acceptors (Lipinski definition) is 2. The molecule has 5 nitrogen and oxygen atoms in total. The zero-order chi connectivity index (χ0) is 12.8. The molecule has 0 saturated heterocycles. The first-order valence-electron chi connectivity index (χ1n) is 4.86. The first-order valence-corrected chi connectivity index (χ1v) is 5.62. The summed E-state index contributed by atoms with van der Waals surface area (Å²) in [6.45, 7) is 1.66. The molecule has 0 aliphatic heterocycles. The molecule has 0 fully saturated rings. The largest absolute Gasteiger partial charge is 0.307 e. The van der Waals surface area contributed by atoms with Gasteiger partial charge in [-0.15, -0.1) is 0 Å². The van der Waals surface area contributed by atoms with Crippen molar-refractivity contribution in [3.63, 3.8) is 0 Å². The van der Waals surface area contributed by atoms with Crippen molar-refractivity contribution in [2.45, 2.75) is 13.3 Å². The second-order valence-electron chi connectivity index (χ2n) is 3.15. The predicted octanol–water partition coefficient (Wildman–Crippen LogP) is 4.00. The van der Waals surface area contributed by atoms with Crippen LogP contribution in [0.15, 0.2) is 23.3 Å². The molecule has 7 heteroatoms. The molecular formula is C10H10Cl2N4O. The zero-order valence-electron chi connectivity index (χ0n) is 9.10. The molecule has 1 amide bonds. The van der Waals surface area contributed by atoms with Crippen LogP contribution >= 0.6 is 23.2 Å². The molecule has 1 rings (SSSR count). The van der Waals surface area contributed by atoms with Gasteiger partial charge < -0.3 is 4.90 Å². The molecule has 0 saturated carbocycles. The standard InChI is InChI=1S/C10H10Cl2N4O/c1-2-10(17)16(6-14-15-13)7-3-4-8(11)9(12)5-7/h3-5H,2,6H2,1H3. The molecule has 0 N–H and O–H groups in total. The van der Waals surface area contributed by atoms with Crippen molar-refractivity contribution >= 4 is 34.8 Å². The van der Waals surface area contributed by atoms with Crippen LogP contribution in [0.3, 0.4) is 0 Å². The van der Waals surface area contributed by atoms with E-state index in [-0.39, 0.29) is 12.6 Å². The van der Waals surface area contributed by atoms with Crippen LogP contribution in [0.25, 0.3) is 10.4 Å². The van der Waals surface area contributed by atoms with Crippen molar-refractivity contribution in [2.75, 3.05) is 11.6 Å². The summed E-state index contributed by atoms with van der Waals surface area (Å²) in [6.07, 6.45) is 0.307. The van der Waals surface area contributed by atoms with Crippen molar-refractivity contribution in [3.8, 4) is 0 Å². The van der Waals surface area contributed by atoms with Gasteiger partial charge in [0.15, 0.2) is 0 Å². The quantitative estimate of drug-likeness (QED) is 0.464. The van der Waals surface area contributed by atoms with Gasteiger partial charge in [-0.3, -0.25) is 4.79 Å². The second-order valence-corrected chi connectivity index (χ2v) is 3.96. The van der Waals surface area contributed by atoms with E-state index in [9.17, 15) is 4.79 Å². The van der Waals surface area contributed by atoms with Crippen LogP contribution in [-0.4, -0.2) is 12.6 Å². The number of amides is 1. The van der Waals surface area contributed by atoms with Gasteiger partial charge in [0.2, 0.25) is 5.91 Å². The van der Waals surface area contributed by atoms with E-state index >= 15 is 0 Å². The topological polar surface area (TPSA) is 69.1 Å². The Morgan fingerprint density at radius 3 is 2.71 bits per heavy atom. The SMILES string of the molecule is CCC(=O)N(CN=[N+]=[N-])c1ccc(Cl)c(Cl)c1. The number of halogens is 2. The number of rotatable bonds is 4. The van der Waals surface area contributed by atoms with E-state index in [1.165, 1.54) is 4.90 Å². The summed E-state index contributed by atoms with van der Waals surface area (Å²) in [5, 5.41) is 4.13. The molecule has 0 aliphatic rings. The highest BCUT2D eigenvalue weighted by Gasteiger charge is 2.13. The van der Waals surface area contributed by atoms with Gasteiger partial charge in [0.25, 0.3) is 0 Å². The van der Waals surface area contributed by atoms with E-state index < -0.39 is 0 Å². The lowest BCUT2D eigenvalue weighted by atomic mass is 10.2. The summed E-state index contributed by atoms with van der Waals surface area (Å²) >= 11 is 11.7. The smallest absolute Gasteiger partial charge is 0.226 e. The lowest BCUT2D eigenvalue weighted by molar-refractivity contribution is -0.118. The van der Waals surface area contributed by atoms with E-state index in [1.54, 1.807) is 25.1 Å². The highest BCUT2D eigenvalue weighted by atomic mass is 35.5. The van der Waals surface area contributed by atoms with Crippen LogP contribution in [0.4, 0.5) is 5.69 Å². The van der Waals surface area contributed by atoms with Gasteiger partial charge in [-0.2, -0.15) is 0 Å². The Labute approximate surface area is 109 Å². The maximum absolute atomic E-state index is 11.7. The van der Waals surface area contributed by atoms with Crippen molar-refractivity contribution in [2.24, 2.45) is 5.11 Å². The van der Waals surface area contributed by atoms with E-state index in [4.69, 9.17) is 28.7 Å². The molecule has 0 spiro atoms.